The maximum atomic E-state index is 12.8. The number of rotatable bonds is 2. The van der Waals surface area contributed by atoms with Gasteiger partial charge >= 0.3 is 12.0 Å². The summed E-state index contributed by atoms with van der Waals surface area (Å²) < 4.78 is 6.04. The number of benzene rings is 1. The summed E-state index contributed by atoms with van der Waals surface area (Å²) in [5, 5.41) is 7.89. The van der Waals surface area contributed by atoms with Crippen LogP contribution >= 0.6 is 0 Å². The van der Waals surface area contributed by atoms with Crippen LogP contribution in [0.1, 0.15) is 34.7 Å². The van der Waals surface area contributed by atoms with Crippen molar-refractivity contribution in [2.75, 3.05) is 20.2 Å². The number of amides is 1. The first-order valence-corrected chi connectivity index (χ1v) is 8.81. The van der Waals surface area contributed by atoms with E-state index in [4.69, 9.17) is 4.74 Å². The fourth-order valence-corrected chi connectivity index (χ4v) is 3.45. The number of methoxy groups -OCH3 is 1. The number of carbonyl (C=O) groups excluding carboxylic acids is 2. The Bertz CT molecular complexity index is 974. The van der Waals surface area contributed by atoms with Crippen molar-refractivity contribution in [1.29, 1.82) is 0 Å². The molecule has 2 aromatic heterocycles. The number of fused-ring (bicyclic) bond motifs is 1. The molecule has 1 aliphatic rings. The van der Waals surface area contributed by atoms with Gasteiger partial charge < -0.3 is 9.64 Å². The van der Waals surface area contributed by atoms with Crippen LogP contribution in [0.25, 0.3) is 11.2 Å². The van der Waals surface area contributed by atoms with Crippen molar-refractivity contribution >= 4 is 23.2 Å². The van der Waals surface area contributed by atoms with Crippen molar-refractivity contribution in [2.24, 2.45) is 0 Å². The van der Waals surface area contributed by atoms with Gasteiger partial charge in [-0.15, -0.1) is 5.10 Å². The number of hydrogen-bond donors (Lipinski definition) is 0. The number of likely N-dealkylation sites (tertiary alicyclic amines) is 1. The van der Waals surface area contributed by atoms with Crippen LogP contribution in [0.2, 0.25) is 0 Å². The second kappa shape index (κ2) is 7.14. The molecule has 0 atom stereocenters. The average Bonchev–Trinajstić information content (AvgIpc) is 3.17. The molecule has 0 spiro atoms. The Morgan fingerprint density at radius 3 is 2.56 bits per heavy atom. The number of esters is 1. The molecule has 0 saturated carbocycles. The molecule has 0 unspecified atom stereocenters. The third kappa shape index (κ3) is 3.25. The van der Waals surface area contributed by atoms with Gasteiger partial charge in [-0.05, 0) is 48.6 Å². The second-order valence-corrected chi connectivity index (χ2v) is 6.50. The standard InChI is InChI=1S/C19H19N5O3/c1-27-18(25)15-6-4-13(5-7-15)14-8-11-23(12-9-14)19(26)24-16-3-2-10-20-17(16)21-22-24/h2-7,10,14H,8-9,11-12H2,1H3. The van der Waals surface area contributed by atoms with Crippen LogP contribution in [-0.4, -0.2) is 57.1 Å². The van der Waals surface area contributed by atoms with Crippen LogP contribution in [0.4, 0.5) is 4.79 Å². The van der Waals surface area contributed by atoms with E-state index in [0.717, 1.165) is 12.8 Å². The third-order valence-electron chi connectivity index (χ3n) is 4.97. The second-order valence-electron chi connectivity index (χ2n) is 6.50. The number of carbonyl (C=O) groups is 2. The number of hydrogen-bond acceptors (Lipinski definition) is 6. The molecule has 1 aromatic carbocycles. The SMILES string of the molecule is COC(=O)c1ccc(C2CCN(C(=O)n3nnc4ncccc43)CC2)cc1. The predicted octanol–water partition coefficient (Wildman–Crippen LogP) is 2.46. The Morgan fingerprint density at radius 1 is 1.11 bits per heavy atom. The van der Waals surface area contributed by atoms with Gasteiger partial charge in [-0.3, -0.25) is 0 Å². The Hall–Kier alpha value is -3.29. The summed E-state index contributed by atoms with van der Waals surface area (Å²) in [5.74, 6) is 0.0198. The molecule has 1 amide bonds. The van der Waals surface area contributed by atoms with E-state index >= 15 is 0 Å². The van der Waals surface area contributed by atoms with E-state index in [1.165, 1.54) is 17.4 Å². The molecule has 8 heteroatoms. The van der Waals surface area contributed by atoms with Gasteiger partial charge in [-0.25, -0.2) is 14.6 Å². The highest BCUT2D eigenvalue weighted by Crippen LogP contribution is 2.28. The molecule has 0 bridgehead atoms. The topological polar surface area (TPSA) is 90.2 Å². The van der Waals surface area contributed by atoms with E-state index in [-0.39, 0.29) is 12.0 Å². The van der Waals surface area contributed by atoms with E-state index in [0.29, 0.717) is 35.7 Å². The van der Waals surface area contributed by atoms with Crippen molar-refractivity contribution in [1.82, 2.24) is 24.9 Å². The highest BCUT2D eigenvalue weighted by Gasteiger charge is 2.26. The molecular weight excluding hydrogens is 346 g/mol. The van der Waals surface area contributed by atoms with Gasteiger partial charge in [0.1, 0.15) is 5.52 Å². The van der Waals surface area contributed by atoms with Crippen molar-refractivity contribution < 1.29 is 14.3 Å². The molecule has 4 rings (SSSR count). The van der Waals surface area contributed by atoms with Crippen molar-refractivity contribution in [3.8, 4) is 0 Å². The maximum absolute atomic E-state index is 12.8. The smallest absolute Gasteiger partial charge is 0.346 e. The number of nitrogens with zero attached hydrogens (tertiary/aromatic N) is 5. The van der Waals surface area contributed by atoms with Gasteiger partial charge in [-0.1, -0.05) is 17.3 Å². The van der Waals surface area contributed by atoms with E-state index < -0.39 is 0 Å². The van der Waals surface area contributed by atoms with Crippen LogP contribution in [-0.2, 0) is 4.74 Å². The van der Waals surface area contributed by atoms with E-state index in [9.17, 15) is 9.59 Å². The molecular formula is C19H19N5O3. The van der Waals surface area contributed by atoms with Gasteiger partial charge in [0, 0.05) is 19.3 Å². The van der Waals surface area contributed by atoms with Gasteiger partial charge in [0.15, 0.2) is 0 Å². The minimum atomic E-state index is -0.337. The zero-order valence-corrected chi connectivity index (χ0v) is 14.9. The molecule has 1 fully saturated rings. The number of pyridine rings is 1. The first-order valence-electron chi connectivity index (χ1n) is 8.81. The van der Waals surface area contributed by atoms with Crippen molar-refractivity contribution in [2.45, 2.75) is 18.8 Å². The number of ether oxygens (including phenoxy) is 1. The summed E-state index contributed by atoms with van der Waals surface area (Å²) >= 11 is 0. The molecule has 1 aliphatic heterocycles. The molecule has 0 N–H and O–H groups in total. The predicted molar refractivity (Wildman–Crippen MR) is 97.4 cm³/mol. The van der Waals surface area contributed by atoms with Crippen molar-refractivity contribution in [3.63, 3.8) is 0 Å². The summed E-state index contributed by atoms with van der Waals surface area (Å²) in [7, 11) is 1.37. The minimum Gasteiger partial charge on any atom is -0.465 e. The fourth-order valence-electron chi connectivity index (χ4n) is 3.45. The quantitative estimate of drug-likeness (QED) is 0.648. The van der Waals surface area contributed by atoms with E-state index in [1.54, 1.807) is 35.4 Å². The molecule has 1 saturated heterocycles. The maximum Gasteiger partial charge on any atom is 0.346 e. The molecule has 27 heavy (non-hydrogen) atoms. The zero-order valence-electron chi connectivity index (χ0n) is 14.9. The lowest BCUT2D eigenvalue weighted by atomic mass is 9.89. The summed E-state index contributed by atoms with van der Waals surface area (Å²) in [4.78, 5) is 30.2. The summed E-state index contributed by atoms with van der Waals surface area (Å²) in [6.45, 7) is 1.29. The molecule has 0 aliphatic carbocycles. The summed E-state index contributed by atoms with van der Waals surface area (Å²) in [6.07, 6.45) is 3.34. The molecule has 3 aromatic rings. The molecule has 3 heterocycles. The Labute approximate surface area is 155 Å². The largest absolute Gasteiger partial charge is 0.465 e. The van der Waals surface area contributed by atoms with Gasteiger partial charge in [0.2, 0.25) is 5.65 Å². The van der Waals surface area contributed by atoms with Gasteiger partial charge in [-0.2, -0.15) is 4.68 Å². The molecule has 138 valence electrons. The normalized spacial score (nSPS) is 15.1. The number of aromatic nitrogens is 4. The Morgan fingerprint density at radius 2 is 1.85 bits per heavy atom. The molecule has 0 radical (unpaired) electrons. The lowest BCUT2D eigenvalue weighted by Crippen LogP contribution is -2.40. The summed E-state index contributed by atoms with van der Waals surface area (Å²) in [6, 6.07) is 10.9. The molecule has 8 nitrogen and oxygen atoms in total. The lowest BCUT2D eigenvalue weighted by molar-refractivity contribution is 0.0600. The Balaban J connectivity index is 1.43. The van der Waals surface area contributed by atoms with Crippen LogP contribution in [0, 0.1) is 0 Å². The number of piperidine rings is 1. The monoisotopic (exact) mass is 365 g/mol. The van der Waals surface area contributed by atoms with Gasteiger partial charge in [0.25, 0.3) is 0 Å². The highest BCUT2D eigenvalue weighted by atomic mass is 16.5. The van der Waals surface area contributed by atoms with Crippen LogP contribution in [0.5, 0.6) is 0 Å². The van der Waals surface area contributed by atoms with Crippen LogP contribution < -0.4 is 0 Å². The minimum absolute atomic E-state index is 0.176. The first kappa shape index (κ1) is 17.1. The van der Waals surface area contributed by atoms with E-state index in [1.807, 2.05) is 12.1 Å². The van der Waals surface area contributed by atoms with Gasteiger partial charge in [0.05, 0.1) is 12.7 Å². The van der Waals surface area contributed by atoms with Crippen molar-refractivity contribution in [3.05, 3.63) is 53.7 Å². The average molecular weight is 365 g/mol. The lowest BCUT2D eigenvalue weighted by Gasteiger charge is -2.31. The fraction of sp³-hybridized carbons (Fsp3) is 0.316. The van der Waals surface area contributed by atoms with Crippen LogP contribution in [0.15, 0.2) is 42.6 Å². The third-order valence-corrected chi connectivity index (χ3v) is 4.97. The highest BCUT2D eigenvalue weighted by molar-refractivity contribution is 5.89. The van der Waals surface area contributed by atoms with E-state index in [2.05, 4.69) is 15.3 Å². The Kier molecular flexibility index (Phi) is 4.53. The first-order chi connectivity index (χ1) is 13.2. The van der Waals surface area contributed by atoms with Crippen LogP contribution in [0.3, 0.4) is 0 Å². The zero-order chi connectivity index (χ0) is 18.8. The summed E-state index contributed by atoms with van der Waals surface area (Å²) in [5.41, 5.74) is 2.79.